The number of aromatic amines is 1. The summed E-state index contributed by atoms with van der Waals surface area (Å²) in [7, 11) is 0. The molecular weight excluding hydrogens is 194 g/mol. The topological polar surface area (TPSA) is 80.5 Å². The Balaban J connectivity index is 1.75. The third-order valence-electron chi connectivity index (χ3n) is 2.78. The molecule has 15 heavy (non-hydrogen) atoms. The zero-order chi connectivity index (χ0) is 10.1. The molecule has 78 valence electrons. The average molecular weight is 205 g/mol. The smallest absolute Gasteiger partial charge is 0.239 e. The number of hydrogen-bond donors (Lipinski definition) is 1. The van der Waals surface area contributed by atoms with Crippen molar-refractivity contribution in [2.24, 2.45) is 5.92 Å². The van der Waals surface area contributed by atoms with Crippen molar-refractivity contribution in [2.45, 2.75) is 25.7 Å². The minimum Gasteiger partial charge on any atom is -0.339 e. The lowest BCUT2D eigenvalue weighted by molar-refractivity contribution is 0.273. The summed E-state index contributed by atoms with van der Waals surface area (Å²) < 4.78 is 5.15. The maximum atomic E-state index is 5.15. The summed E-state index contributed by atoms with van der Waals surface area (Å²) in [5.74, 6) is 2.47. The van der Waals surface area contributed by atoms with Gasteiger partial charge in [0.1, 0.15) is 6.33 Å². The Morgan fingerprint density at radius 1 is 1.47 bits per heavy atom. The Morgan fingerprint density at radius 3 is 3.07 bits per heavy atom. The summed E-state index contributed by atoms with van der Waals surface area (Å²) in [6, 6.07) is 0. The van der Waals surface area contributed by atoms with Gasteiger partial charge in [0, 0.05) is 6.42 Å². The first-order valence-corrected chi connectivity index (χ1v) is 5.10. The quantitative estimate of drug-likeness (QED) is 0.814. The van der Waals surface area contributed by atoms with Crippen LogP contribution in [0.4, 0.5) is 0 Å². The average Bonchev–Trinajstić information content (AvgIpc) is 2.82. The van der Waals surface area contributed by atoms with E-state index in [0.29, 0.717) is 17.5 Å². The normalized spacial score (nSPS) is 16.5. The van der Waals surface area contributed by atoms with Crippen molar-refractivity contribution in [3.05, 3.63) is 12.2 Å². The number of nitrogens with zero attached hydrogens (tertiary/aromatic N) is 4. The molecule has 6 heteroatoms. The number of hydrogen-bond acceptors (Lipinski definition) is 5. The van der Waals surface area contributed by atoms with Crippen LogP contribution in [0.2, 0.25) is 0 Å². The minimum absolute atomic E-state index is 0.488. The number of nitrogens with one attached hydrogen (secondary N) is 1. The van der Waals surface area contributed by atoms with Gasteiger partial charge in [-0.25, -0.2) is 4.98 Å². The van der Waals surface area contributed by atoms with Crippen LogP contribution in [0.25, 0.3) is 11.6 Å². The Hall–Kier alpha value is -1.72. The molecule has 1 N–H and O–H groups in total. The summed E-state index contributed by atoms with van der Waals surface area (Å²) in [5, 5.41) is 10.3. The van der Waals surface area contributed by atoms with Gasteiger partial charge in [-0.3, -0.25) is 5.10 Å². The van der Waals surface area contributed by atoms with Crippen molar-refractivity contribution >= 4 is 0 Å². The molecule has 1 fully saturated rings. The highest BCUT2D eigenvalue weighted by atomic mass is 16.5. The minimum atomic E-state index is 0.488. The van der Waals surface area contributed by atoms with Crippen molar-refractivity contribution in [1.82, 2.24) is 25.3 Å². The van der Waals surface area contributed by atoms with E-state index in [-0.39, 0.29) is 0 Å². The summed E-state index contributed by atoms with van der Waals surface area (Å²) in [6.45, 7) is 0. The fourth-order valence-corrected chi connectivity index (χ4v) is 1.69. The van der Waals surface area contributed by atoms with Crippen molar-refractivity contribution in [3.63, 3.8) is 0 Å². The van der Waals surface area contributed by atoms with E-state index in [1.807, 2.05) is 0 Å². The van der Waals surface area contributed by atoms with Gasteiger partial charge < -0.3 is 4.52 Å². The van der Waals surface area contributed by atoms with Crippen LogP contribution >= 0.6 is 0 Å². The molecule has 0 radical (unpaired) electrons. The predicted molar refractivity (Wildman–Crippen MR) is 50.7 cm³/mol. The Kier molecular flexibility index (Phi) is 1.97. The summed E-state index contributed by atoms with van der Waals surface area (Å²) >= 11 is 0. The van der Waals surface area contributed by atoms with Gasteiger partial charge in [-0.1, -0.05) is 11.6 Å². The summed E-state index contributed by atoms with van der Waals surface area (Å²) in [5.41, 5.74) is 0. The third kappa shape index (κ3) is 1.62. The van der Waals surface area contributed by atoms with E-state index >= 15 is 0 Å². The lowest BCUT2D eigenvalue weighted by Crippen LogP contribution is -2.13. The second-order valence-electron chi connectivity index (χ2n) is 3.85. The monoisotopic (exact) mass is 205 g/mol. The Morgan fingerprint density at radius 2 is 2.40 bits per heavy atom. The molecule has 0 aliphatic heterocycles. The summed E-state index contributed by atoms with van der Waals surface area (Å²) in [6.07, 6.45) is 6.20. The number of rotatable bonds is 3. The van der Waals surface area contributed by atoms with E-state index in [9.17, 15) is 0 Å². The van der Waals surface area contributed by atoms with Gasteiger partial charge in [0.25, 0.3) is 0 Å². The van der Waals surface area contributed by atoms with Crippen molar-refractivity contribution < 1.29 is 4.52 Å². The first-order chi connectivity index (χ1) is 7.42. The Bertz CT molecular complexity index is 431. The highest BCUT2D eigenvalue weighted by molar-refractivity contribution is 5.39. The standard InChI is InChI=1S/C9H11N5O/c1-2-6(3-1)4-7-12-9(14-15-7)8-10-5-11-13-8/h5-6H,1-4H2,(H,10,11,13). The molecule has 0 saturated heterocycles. The van der Waals surface area contributed by atoms with Crippen molar-refractivity contribution in [2.75, 3.05) is 0 Å². The molecule has 0 amide bonds. The molecule has 2 aromatic rings. The molecule has 2 heterocycles. The fourth-order valence-electron chi connectivity index (χ4n) is 1.69. The van der Waals surface area contributed by atoms with Gasteiger partial charge in [-0.2, -0.15) is 10.1 Å². The first-order valence-electron chi connectivity index (χ1n) is 5.10. The molecule has 2 aromatic heterocycles. The van der Waals surface area contributed by atoms with Gasteiger partial charge in [0.15, 0.2) is 5.82 Å². The van der Waals surface area contributed by atoms with Crippen LogP contribution in [-0.2, 0) is 6.42 Å². The van der Waals surface area contributed by atoms with Gasteiger partial charge >= 0.3 is 0 Å². The van der Waals surface area contributed by atoms with Gasteiger partial charge in [0.05, 0.1) is 0 Å². The van der Waals surface area contributed by atoms with Crippen LogP contribution < -0.4 is 0 Å². The van der Waals surface area contributed by atoms with E-state index in [4.69, 9.17) is 4.52 Å². The van der Waals surface area contributed by atoms with Gasteiger partial charge in [0.2, 0.25) is 11.7 Å². The lowest BCUT2D eigenvalue weighted by atomic mass is 9.83. The Labute approximate surface area is 86.1 Å². The number of aromatic nitrogens is 5. The van der Waals surface area contributed by atoms with Crippen molar-refractivity contribution in [3.8, 4) is 11.6 Å². The number of H-pyrrole nitrogens is 1. The molecule has 1 aliphatic rings. The van der Waals surface area contributed by atoms with Gasteiger partial charge in [-0.05, 0) is 18.8 Å². The fraction of sp³-hybridized carbons (Fsp3) is 0.556. The molecule has 0 bridgehead atoms. The van der Waals surface area contributed by atoms with E-state index in [2.05, 4.69) is 25.3 Å². The molecule has 1 aliphatic carbocycles. The molecule has 3 rings (SSSR count). The SMILES string of the molecule is c1n[nH]c(-c2noc(CC3CCC3)n2)n1. The van der Waals surface area contributed by atoms with Gasteiger partial charge in [-0.15, -0.1) is 0 Å². The van der Waals surface area contributed by atoms with E-state index in [0.717, 1.165) is 12.3 Å². The maximum absolute atomic E-state index is 5.15. The molecular formula is C9H11N5O. The molecule has 0 unspecified atom stereocenters. The molecule has 1 saturated carbocycles. The van der Waals surface area contributed by atoms with E-state index in [1.165, 1.54) is 25.6 Å². The zero-order valence-electron chi connectivity index (χ0n) is 8.18. The lowest BCUT2D eigenvalue weighted by Gasteiger charge is -2.23. The van der Waals surface area contributed by atoms with Crippen molar-refractivity contribution in [1.29, 1.82) is 0 Å². The highest BCUT2D eigenvalue weighted by Gasteiger charge is 2.21. The van der Waals surface area contributed by atoms with E-state index in [1.54, 1.807) is 0 Å². The molecule has 0 aromatic carbocycles. The predicted octanol–water partition coefficient (Wildman–Crippen LogP) is 1.20. The largest absolute Gasteiger partial charge is 0.339 e. The van der Waals surface area contributed by atoms with Crippen LogP contribution in [-0.4, -0.2) is 25.3 Å². The third-order valence-corrected chi connectivity index (χ3v) is 2.78. The second kappa shape index (κ2) is 3.45. The molecule has 0 atom stereocenters. The second-order valence-corrected chi connectivity index (χ2v) is 3.85. The van der Waals surface area contributed by atoms with E-state index < -0.39 is 0 Å². The van der Waals surface area contributed by atoms with Crippen LogP contribution in [0, 0.1) is 5.92 Å². The van der Waals surface area contributed by atoms with Crippen LogP contribution in [0.15, 0.2) is 10.9 Å². The first kappa shape index (κ1) is 8.58. The zero-order valence-corrected chi connectivity index (χ0v) is 8.18. The van der Waals surface area contributed by atoms with Crippen LogP contribution in [0.1, 0.15) is 25.2 Å². The molecule has 6 nitrogen and oxygen atoms in total. The summed E-state index contributed by atoms with van der Waals surface area (Å²) in [4.78, 5) is 8.22. The van der Waals surface area contributed by atoms with Crippen LogP contribution in [0.3, 0.4) is 0 Å². The maximum Gasteiger partial charge on any atom is 0.239 e. The van der Waals surface area contributed by atoms with Crippen LogP contribution in [0.5, 0.6) is 0 Å². The highest BCUT2D eigenvalue weighted by Crippen LogP contribution is 2.29. The molecule has 0 spiro atoms.